The Morgan fingerprint density at radius 2 is 1.71 bits per heavy atom. The van der Waals surface area contributed by atoms with E-state index in [0.717, 1.165) is 34.4 Å². The van der Waals surface area contributed by atoms with Gasteiger partial charge in [-0.2, -0.15) is 0 Å². The second-order valence-electron chi connectivity index (χ2n) is 6.71. The van der Waals surface area contributed by atoms with Crippen LogP contribution in [0.1, 0.15) is 35.3 Å². The van der Waals surface area contributed by atoms with E-state index in [0.29, 0.717) is 16.7 Å². The molecule has 0 atom stereocenters. The summed E-state index contributed by atoms with van der Waals surface area (Å²) in [5, 5.41) is 3.56. The standard InChI is InChI=1S/C22H23BrN2O3/c1-5-25(6-2)17-8-7-15-11-18(22(27)28-19(15)12-17)21(26)24-20-13(3)9-16(23)10-14(20)4/h7-12H,5-6H2,1-4H3,(H,24,26). The summed E-state index contributed by atoms with van der Waals surface area (Å²) in [5.41, 5.74) is 3.33. The minimum atomic E-state index is -0.644. The maximum atomic E-state index is 12.7. The highest BCUT2D eigenvalue weighted by atomic mass is 79.9. The fourth-order valence-corrected chi connectivity index (χ4v) is 4.02. The van der Waals surface area contributed by atoms with Gasteiger partial charge in [0.05, 0.1) is 0 Å². The zero-order chi connectivity index (χ0) is 20.4. The lowest BCUT2D eigenvalue weighted by molar-refractivity contribution is 0.102. The van der Waals surface area contributed by atoms with Crippen LogP contribution in [0.25, 0.3) is 11.0 Å². The number of benzene rings is 2. The van der Waals surface area contributed by atoms with Crippen LogP contribution in [0.2, 0.25) is 0 Å². The molecule has 0 radical (unpaired) electrons. The Hall–Kier alpha value is -2.60. The Bertz CT molecular complexity index is 1080. The summed E-state index contributed by atoms with van der Waals surface area (Å²) >= 11 is 3.44. The highest BCUT2D eigenvalue weighted by molar-refractivity contribution is 9.10. The minimum Gasteiger partial charge on any atom is -0.422 e. The average molecular weight is 443 g/mol. The summed E-state index contributed by atoms with van der Waals surface area (Å²) in [5.74, 6) is -0.475. The third-order valence-electron chi connectivity index (χ3n) is 4.83. The topological polar surface area (TPSA) is 62.6 Å². The van der Waals surface area contributed by atoms with E-state index in [9.17, 15) is 9.59 Å². The maximum absolute atomic E-state index is 12.7. The smallest absolute Gasteiger partial charge is 0.349 e. The number of carbonyl (C=O) groups excluding carboxylic acids is 1. The van der Waals surface area contributed by atoms with Gasteiger partial charge in [-0.3, -0.25) is 4.79 Å². The van der Waals surface area contributed by atoms with Gasteiger partial charge in [0, 0.05) is 40.4 Å². The molecular weight excluding hydrogens is 420 g/mol. The van der Waals surface area contributed by atoms with Crippen LogP contribution >= 0.6 is 15.9 Å². The summed E-state index contributed by atoms with van der Waals surface area (Å²) in [6, 6.07) is 11.1. The Kier molecular flexibility index (Phi) is 5.89. The predicted octanol–water partition coefficient (Wildman–Crippen LogP) is 5.27. The van der Waals surface area contributed by atoms with Crippen molar-refractivity contribution in [3.8, 4) is 0 Å². The number of anilines is 2. The molecule has 146 valence electrons. The molecule has 0 unspecified atom stereocenters. The summed E-state index contributed by atoms with van der Waals surface area (Å²) in [7, 11) is 0. The molecule has 0 bridgehead atoms. The van der Waals surface area contributed by atoms with Crippen molar-refractivity contribution in [3.05, 3.63) is 68.0 Å². The van der Waals surface area contributed by atoms with Crippen molar-refractivity contribution in [3.63, 3.8) is 0 Å². The number of fused-ring (bicyclic) bond motifs is 1. The van der Waals surface area contributed by atoms with Gasteiger partial charge < -0.3 is 14.6 Å². The predicted molar refractivity (Wildman–Crippen MR) is 118 cm³/mol. The van der Waals surface area contributed by atoms with Crippen LogP contribution in [0.3, 0.4) is 0 Å². The first kappa shape index (κ1) is 20.1. The van der Waals surface area contributed by atoms with Gasteiger partial charge in [0.25, 0.3) is 5.91 Å². The molecule has 0 saturated carbocycles. The minimum absolute atomic E-state index is 0.00944. The van der Waals surface area contributed by atoms with Crippen molar-refractivity contribution in [1.82, 2.24) is 0 Å². The molecule has 1 aromatic heterocycles. The summed E-state index contributed by atoms with van der Waals surface area (Å²) in [6.07, 6.45) is 0. The Balaban J connectivity index is 1.97. The fraction of sp³-hybridized carbons (Fsp3) is 0.273. The van der Waals surface area contributed by atoms with Crippen LogP contribution in [0, 0.1) is 13.8 Å². The third kappa shape index (κ3) is 3.97. The molecule has 3 aromatic rings. The van der Waals surface area contributed by atoms with E-state index < -0.39 is 11.5 Å². The van der Waals surface area contributed by atoms with E-state index in [4.69, 9.17) is 4.42 Å². The zero-order valence-corrected chi connectivity index (χ0v) is 18.0. The number of nitrogens with one attached hydrogen (secondary N) is 1. The highest BCUT2D eigenvalue weighted by Crippen LogP contribution is 2.26. The van der Waals surface area contributed by atoms with Gasteiger partial charge in [-0.05, 0) is 69.2 Å². The quantitative estimate of drug-likeness (QED) is 0.546. The zero-order valence-electron chi connectivity index (χ0n) is 16.4. The Labute approximate surface area is 172 Å². The molecule has 28 heavy (non-hydrogen) atoms. The van der Waals surface area contributed by atoms with Gasteiger partial charge >= 0.3 is 5.63 Å². The van der Waals surface area contributed by atoms with E-state index >= 15 is 0 Å². The van der Waals surface area contributed by atoms with Crippen molar-refractivity contribution in [2.45, 2.75) is 27.7 Å². The molecule has 0 spiro atoms. The summed E-state index contributed by atoms with van der Waals surface area (Å²) < 4.78 is 6.40. The van der Waals surface area contributed by atoms with E-state index in [-0.39, 0.29) is 5.56 Å². The lowest BCUT2D eigenvalue weighted by Crippen LogP contribution is -2.22. The molecule has 0 aliphatic rings. The first-order valence-electron chi connectivity index (χ1n) is 9.25. The number of carbonyl (C=O) groups is 1. The Morgan fingerprint density at radius 3 is 2.32 bits per heavy atom. The molecule has 1 N–H and O–H groups in total. The lowest BCUT2D eigenvalue weighted by Gasteiger charge is -2.21. The van der Waals surface area contributed by atoms with E-state index in [1.165, 1.54) is 0 Å². The Morgan fingerprint density at radius 1 is 1.07 bits per heavy atom. The van der Waals surface area contributed by atoms with E-state index in [1.54, 1.807) is 6.07 Å². The van der Waals surface area contributed by atoms with Crippen LogP contribution in [0.15, 0.2) is 50.1 Å². The first-order valence-corrected chi connectivity index (χ1v) is 10.0. The van der Waals surface area contributed by atoms with Crippen LogP contribution < -0.4 is 15.8 Å². The molecule has 1 amide bonds. The van der Waals surface area contributed by atoms with Crippen molar-refractivity contribution in [1.29, 1.82) is 0 Å². The second-order valence-corrected chi connectivity index (χ2v) is 7.63. The number of hydrogen-bond donors (Lipinski definition) is 1. The van der Waals surface area contributed by atoms with Crippen molar-refractivity contribution in [2.75, 3.05) is 23.3 Å². The van der Waals surface area contributed by atoms with Crippen LogP contribution in [0.4, 0.5) is 11.4 Å². The van der Waals surface area contributed by atoms with Crippen LogP contribution in [0.5, 0.6) is 0 Å². The van der Waals surface area contributed by atoms with Gasteiger partial charge in [-0.1, -0.05) is 15.9 Å². The van der Waals surface area contributed by atoms with Gasteiger partial charge in [-0.25, -0.2) is 4.79 Å². The van der Waals surface area contributed by atoms with Gasteiger partial charge in [0.2, 0.25) is 0 Å². The molecule has 0 aliphatic heterocycles. The maximum Gasteiger partial charge on any atom is 0.349 e. The van der Waals surface area contributed by atoms with Crippen molar-refractivity contribution >= 4 is 44.2 Å². The first-order chi connectivity index (χ1) is 13.3. The molecule has 0 saturated heterocycles. The largest absolute Gasteiger partial charge is 0.422 e. The third-order valence-corrected chi connectivity index (χ3v) is 5.29. The molecule has 6 heteroatoms. The lowest BCUT2D eigenvalue weighted by atomic mass is 10.1. The summed E-state index contributed by atoms with van der Waals surface area (Å²) in [4.78, 5) is 27.4. The van der Waals surface area contributed by atoms with Crippen LogP contribution in [-0.4, -0.2) is 19.0 Å². The number of halogens is 1. The van der Waals surface area contributed by atoms with Gasteiger partial charge in [-0.15, -0.1) is 0 Å². The van der Waals surface area contributed by atoms with Gasteiger partial charge in [0.15, 0.2) is 0 Å². The average Bonchev–Trinajstić information content (AvgIpc) is 2.64. The highest BCUT2D eigenvalue weighted by Gasteiger charge is 2.17. The molecule has 5 nitrogen and oxygen atoms in total. The van der Waals surface area contributed by atoms with Crippen molar-refractivity contribution < 1.29 is 9.21 Å². The number of nitrogens with zero attached hydrogens (tertiary/aromatic N) is 1. The van der Waals surface area contributed by atoms with Crippen molar-refractivity contribution in [2.24, 2.45) is 0 Å². The van der Waals surface area contributed by atoms with Crippen LogP contribution in [-0.2, 0) is 0 Å². The molecule has 3 rings (SSSR count). The molecular formula is C22H23BrN2O3. The second kappa shape index (κ2) is 8.19. The van der Waals surface area contributed by atoms with E-state index in [1.807, 2.05) is 44.2 Å². The SMILES string of the molecule is CCN(CC)c1ccc2cc(C(=O)Nc3c(C)cc(Br)cc3C)c(=O)oc2c1. The number of amides is 1. The monoisotopic (exact) mass is 442 g/mol. The molecule has 0 fully saturated rings. The molecule has 1 heterocycles. The summed E-state index contributed by atoms with van der Waals surface area (Å²) in [6.45, 7) is 9.68. The molecule has 2 aromatic carbocycles. The van der Waals surface area contributed by atoms with Gasteiger partial charge in [0.1, 0.15) is 11.1 Å². The number of aryl methyl sites for hydroxylation is 2. The normalized spacial score (nSPS) is 10.9. The molecule has 0 aliphatic carbocycles. The fourth-order valence-electron chi connectivity index (χ4n) is 3.33. The van der Waals surface area contributed by atoms with E-state index in [2.05, 4.69) is 40.0 Å². The number of hydrogen-bond acceptors (Lipinski definition) is 4. The number of rotatable bonds is 5.